The van der Waals surface area contributed by atoms with Gasteiger partial charge < -0.3 is 10.8 Å². The van der Waals surface area contributed by atoms with Gasteiger partial charge in [-0.1, -0.05) is 28.1 Å². The molecule has 1 aromatic rings. The van der Waals surface area contributed by atoms with Crippen LogP contribution in [-0.4, -0.2) is 11.7 Å². The van der Waals surface area contributed by atoms with Gasteiger partial charge in [-0.15, -0.1) is 12.4 Å². The van der Waals surface area contributed by atoms with E-state index in [1.54, 1.807) is 0 Å². The van der Waals surface area contributed by atoms with E-state index >= 15 is 0 Å². The number of halogens is 2. The molecular weight excluding hydrogens is 241 g/mol. The van der Waals surface area contributed by atoms with E-state index in [1.165, 1.54) is 0 Å². The summed E-state index contributed by atoms with van der Waals surface area (Å²) in [6.45, 7) is 0.260. The number of aliphatic hydroxyl groups is 1. The average Bonchev–Trinajstić information content (AvgIpc) is 2.03. The number of nitrogens with two attached hydrogens (primary N) is 1. The maximum Gasteiger partial charge on any atom is 0.0912 e. The first-order chi connectivity index (χ1) is 5.24. The Bertz CT molecular complexity index is 244. The third-order valence-corrected chi connectivity index (χ3v) is 1.95. The number of hydrogen-bond donors (Lipinski definition) is 2. The molecule has 0 fully saturated rings. The molecule has 12 heavy (non-hydrogen) atoms. The Morgan fingerprint density at radius 2 is 2.17 bits per heavy atom. The summed E-state index contributed by atoms with van der Waals surface area (Å²) in [4.78, 5) is 0. The van der Waals surface area contributed by atoms with E-state index in [4.69, 9.17) is 5.73 Å². The van der Waals surface area contributed by atoms with E-state index in [0.29, 0.717) is 0 Å². The molecule has 1 atom stereocenters. The zero-order valence-electron chi connectivity index (χ0n) is 6.40. The predicted molar refractivity (Wildman–Crippen MR) is 55.4 cm³/mol. The van der Waals surface area contributed by atoms with Gasteiger partial charge in [-0.2, -0.15) is 0 Å². The molecule has 0 heterocycles. The molecule has 0 bridgehead atoms. The lowest BCUT2D eigenvalue weighted by Gasteiger charge is -2.07. The Morgan fingerprint density at radius 3 is 2.67 bits per heavy atom. The van der Waals surface area contributed by atoms with Gasteiger partial charge in [0.05, 0.1) is 6.10 Å². The van der Waals surface area contributed by atoms with Crippen molar-refractivity contribution in [1.82, 2.24) is 0 Å². The number of aliphatic hydroxyl groups excluding tert-OH is 1. The van der Waals surface area contributed by atoms with Crippen LogP contribution in [0.25, 0.3) is 0 Å². The van der Waals surface area contributed by atoms with E-state index in [1.807, 2.05) is 24.3 Å². The van der Waals surface area contributed by atoms with Crippen molar-refractivity contribution in [3.8, 4) is 0 Å². The van der Waals surface area contributed by atoms with Gasteiger partial charge in [0.15, 0.2) is 0 Å². The van der Waals surface area contributed by atoms with Crippen LogP contribution in [0, 0.1) is 0 Å². The lowest BCUT2D eigenvalue weighted by atomic mass is 10.1. The third kappa shape index (κ3) is 3.11. The molecule has 1 rings (SSSR count). The van der Waals surface area contributed by atoms with Crippen molar-refractivity contribution in [3.63, 3.8) is 0 Å². The van der Waals surface area contributed by atoms with Crippen molar-refractivity contribution in [1.29, 1.82) is 0 Å². The van der Waals surface area contributed by atoms with Crippen LogP contribution in [0.2, 0.25) is 0 Å². The van der Waals surface area contributed by atoms with Crippen LogP contribution in [0.4, 0.5) is 0 Å². The molecule has 1 aromatic carbocycles. The van der Waals surface area contributed by atoms with Crippen molar-refractivity contribution in [2.45, 2.75) is 6.10 Å². The van der Waals surface area contributed by atoms with Gasteiger partial charge in [-0.05, 0) is 17.7 Å². The van der Waals surface area contributed by atoms with Gasteiger partial charge >= 0.3 is 0 Å². The first-order valence-corrected chi connectivity index (χ1v) is 4.17. The van der Waals surface area contributed by atoms with Gasteiger partial charge in [-0.3, -0.25) is 0 Å². The first kappa shape index (κ1) is 11.9. The van der Waals surface area contributed by atoms with Gasteiger partial charge in [0.1, 0.15) is 0 Å². The SMILES string of the molecule is Cl.NC[C@@H](O)c1cccc(Br)c1. The van der Waals surface area contributed by atoms with Crippen LogP contribution in [-0.2, 0) is 0 Å². The maximum atomic E-state index is 9.31. The molecule has 2 nitrogen and oxygen atoms in total. The van der Waals surface area contributed by atoms with E-state index in [0.717, 1.165) is 10.0 Å². The van der Waals surface area contributed by atoms with Crippen molar-refractivity contribution in [2.24, 2.45) is 5.73 Å². The second-order valence-electron chi connectivity index (χ2n) is 2.31. The van der Waals surface area contributed by atoms with E-state index in [9.17, 15) is 5.11 Å². The Labute approximate surface area is 86.3 Å². The molecule has 0 unspecified atom stereocenters. The highest BCUT2D eigenvalue weighted by atomic mass is 79.9. The minimum Gasteiger partial charge on any atom is -0.387 e. The van der Waals surface area contributed by atoms with Gasteiger partial charge in [-0.25, -0.2) is 0 Å². The number of hydrogen-bond acceptors (Lipinski definition) is 2. The third-order valence-electron chi connectivity index (χ3n) is 1.46. The van der Waals surface area contributed by atoms with Crippen LogP contribution in [0.5, 0.6) is 0 Å². The molecule has 0 aliphatic heterocycles. The smallest absolute Gasteiger partial charge is 0.0912 e. The largest absolute Gasteiger partial charge is 0.387 e. The molecule has 0 aliphatic rings. The topological polar surface area (TPSA) is 46.2 Å². The highest BCUT2D eigenvalue weighted by Crippen LogP contribution is 2.16. The average molecular weight is 253 g/mol. The maximum absolute atomic E-state index is 9.31. The highest BCUT2D eigenvalue weighted by molar-refractivity contribution is 9.10. The highest BCUT2D eigenvalue weighted by Gasteiger charge is 2.03. The van der Waals surface area contributed by atoms with Crippen LogP contribution < -0.4 is 5.73 Å². The molecule has 68 valence electrons. The van der Waals surface area contributed by atoms with E-state index < -0.39 is 6.10 Å². The molecule has 0 saturated carbocycles. The Hall–Kier alpha value is -0.0900. The van der Waals surface area contributed by atoms with Gasteiger partial charge in [0.25, 0.3) is 0 Å². The summed E-state index contributed by atoms with van der Waals surface area (Å²) < 4.78 is 0.961. The summed E-state index contributed by atoms with van der Waals surface area (Å²) in [6, 6.07) is 7.49. The Kier molecular flexibility index (Phi) is 5.50. The fraction of sp³-hybridized carbons (Fsp3) is 0.250. The minimum absolute atomic E-state index is 0. The quantitative estimate of drug-likeness (QED) is 0.844. The summed E-state index contributed by atoms with van der Waals surface area (Å²) in [6.07, 6.45) is -0.549. The minimum atomic E-state index is -0.549. The molecule has 0 spiro atoms. The zero-order valence-corrected chi connectivity index (χ0v) is 8.81. The zero-order chi connectivity index (χ0) is 8.27. The molecule has 4 heteroatoms. The van der Waals surface area contributed by atoms with Gasteiger partial charge in [0, 0.05) is 11.0 Å². The van der Waals surface area contributed by atoms with Crippen molar-refractivity contribution in [3.05, 3.63) is 34.3 Å². The molecule has 3 N–H and O–H groups in total. The number of benzene rings is 1. The summed E-state index contributed by atoms with van der Waals surface area (Å²) in [5.41, 5.74) is 6.14. The monoisotopic (exact) mass is 251 g/mol. The molecule has 0 amide bonds. The summed E-state index contributed by atoms with van der Waals surface area (Å²) >= 11 is 3.31. The molecule has 0 aromatic heterocycles. The first-order valence-electron chi connectivity index (χ1n) is 3.37. The van der Waals surface area contributed by atoms with Crippen LogP contribution in [0.3, 0.4) is 0 Å². The van der Waals surface area contributed by atoms with Crippen molar-refractivity contribution >= 4 is 28.3 Å². The fourth-order valence-corrected chi connectivity index (χ4v) is 1.27. The second kappa shape index (κ2) is 5.54. The normalized spacial score (nSPS) is 11.9. The van der Waals surface area contributed by atoms with Crippen molar-refractivity contribution < 1.29 is 5.11 Å². The van der Waals surface area contributed by atoms with Crippen LogP contribution >= 0.6 is 28.3 Å². The molecule has 0 radical (unpaired) electrons. The summed E-state index contributed by atoms with van der Waals surface area (Å²) in [5.74, 6) is 0. The van der Waals surface area contributed by atoms with Crippen LogP contribution in [0.15, 0.2) is 28.7 Å². The van der Waals surface area contributed by atoms with Crippen LogP contribution in [0.1, 0.15) is 11.7 Å². The molecule has 0 aliphatic carbocycles. The second-order valence-corrected chi connectivity index (χ2v) is 3.22. The number of rotatable bonds is 2. The Morgan fingerprint density at radius 1 is 1.50 bits per heavy atom. The predicted octanol–water partition coefficient (Wildman–Crippen LogP) is 1.86. The Balaban J connectivity index is 0.00000121. The van der Waals surface area contributed by atoms with E-state index in [2.05, 4.69) is 15.9 Å². The van der Waals surface area contributed by atoms with E-state index in [-0.39, 0.29) is 19.0 Å². The summed E-state index contributed by atoms with van der Waals surface area (Å²) in [7, 11) is 0. The summed E-state index contributed by atoms with van der Waals surface area (Å²) in [5, 5.41) is 9.31. The van der Waals surface area contributed by atoms with Crippen molar-refractivity contribution in [2.75, 3.05) is 6.54 Å². The standard InChI is InChI=1S/C8H10BrNO.ClH/c9-7-3-1-2-6(4-7)8(11)5-10;/h1-4,8,11H,5,10H2;1H/t8-;/m1./s1. The lowest BCUT2D eigenvalue weighted by molar-refractivity contribution is 0.186. The lowest BCUT2D eigenvalue weighted by Crippen LogP contribution is -2.11. The molecule has 0 saturated heterocycles. The molecular formula is C8H11BrClNO. The van der Waals surface area contributed by atoms with Gasteiger partial charge in [0.2, 0.25) is 0 Å². The fourth-order valence-electron chi connectivity index (χ4n) is 0.850.